The van der Waals surface area contributed by atoms with Gasteiger partial charge in [-0.2, -0.15) is 0 Å². The van der Waals surface area contributed by atoms with E-state index in [1.54, 1.807) is 0 Å². The van der Waals surface area contributed by atoms with Crippen LogP contribution in [0.3, 0.4) is 0 Å². The molecule has 0 unspecified atom stereocenters. The SMILES string of the molecule is Nc1ccc(F)c(NC(=O)CN2C(=O)CCSC2=O)c1. The summed E-state index contributed by atoms with van der Waals surface area (Å²) in [4.78, 5) is 35.7. The highest BCUT2D eigenvalue weighted by atomic mass is 32.2. The monoisotopic (exact) mass is 297 g/mol. The normalized spacial score (nSPS) is 15.3. The zero-order valence-corrected chi connectivity index (χ0v) is 11.2. The van der Waals surface area contributed by atoms with E-state index in [2.05, 4.69) is 5.32 Å². The predicted octanol–water partition coefficient (Wildman–Crippen LogP) is 1.43. The first-order valence-corrected chi connectivity index (χ1v) is 6.78. The van der Waals surface area contributed by atoms with Gasteiger partial charge in [-0.25, -0.2) is 4.39 Å². The summed E-state index contributed by atoms with van der Waals surface area (Å²) >= 11 is 0.976. The number of benzene rings is 1. The minimum absolute atomic E-state index is 0.0837. The van der Waals surface area contributed by atoms with Crippen molar-refractivity contribution in [2.24, 2.45) is 0 Å². The van der Waals surface area contributed by atoms with Crippen LogP contribution in [0.2, 0.25) is 0 Å². The molecule has 106 valence electrons. The van der Waals surface area contributed by atoms with Gasteiger partial charge in [0.1, 0.15) is 12.4 Å². The van der Waals surface area contributed by atoms with Gasteiger partial charge in [-0.05, 0) is 18.2 Å². The molecule has 0 atom stereocenters. The van der Waals surface area contributed by atoms with Crippen LogP contribution in [-0.4, -0.2) is 34.3 Å². The lowest BCUT2D eigenvalue weighted by atomic mass is 10.2. The van der Waals surface area contributed by atoms with Crippen LogP contribution in [0.4, 0.5) is 20.6 Å². The van der Waals surface area contributed by atoms with Gasteiger partial charge in [0, 0.05) is 17.9 Å². The summed E-state index contributed by atoms with van der Waals surface area (Å²) < 4.78 is 13.4. The molecule has 3 amide bonds. The summed E-state index contributed by atoms with van der Waals surface area (Å²) in [6.45, 7) is -0.432. The van der Waals surface area contributed by atoms with E-state index in [0.717, 1.165) is 22.7 Å². The standard InChI is InChI=1S/C12H12FN3O3S/c13-8-2-1-7(14)5-9(8)15-10(17)6-16-11(18)3-4-20-12(16)19/h1-2,5H,3-4,6,14H2,(H,15,17). The third-order valence-electron chi connectivity index (χ3n) is 2.63. The predicted molar refractivity (Wildman–Crippen MR) is 73.6 cm³/mol. The number of carbonyl (C=O) groups excluding carboxylic acids is 3. The van der Waals surface area contributed by atoms with Gasteiger partial charge in [0.2, 0.25) is 11.8 Å². The molecule has 20 heavy (non-hydrogen) atoms. The van der Waals surface area contributed by atoms with Crippen LogP contribution in [0.25, 0.3) is 0 Å². The zero-order valence-electron chi connectivity index (χ0n) is 10.4. The lowest BCUT2D eigenvalue weighted by Gasteiger charge is -2.23. The van der Waals surface area contributed by atoms with Gasteiger partial charge in [0.05, 0.1) is 5.69 Å². The second-order valence-electron chi connectivity index (χ2n) is 4.13. The van der Waals surface area contributed by atoms with E-state index < -0.39 is 29.4 Å². The maximum absolute atomic E-state index is 13.4. The van der Waals surface area contributed by atoms with Crippen molar-refractivity contribution >= 4 is 40.2 Å². The van der Waals surface area contributed by atoms with Gasteiger partial charge in [0.15, 0.2) is 0 Å². The van der Waals surface area contributed by atoms with Crippen molar-refractivity contribution in [1.82, 2.24) is 4.90 Å². The molecule has 3 N–H and O–H groups in total. The molecular weight excluding hydrogens is 285 g/mol. The van der Waals surface area contributed by atoms with E-state index in [0.29, 0.717) is 11.4 Å². The molecule has 1 saturated heterocycles. The van der Waals surface area contributed by atoms with Crippen LogP contribution in [0.5, 0.6) is 0 Å². The third kappa shape index (κ3) is 3.27. The molecule has 1 aliphatic heterocycles. The summed E-state index contributed by atoms with van der Waals surface area (Å²) in [5.41, 5.74) is 5.70. The van der Waals surface area contributed by atoms with Crippen molar-refractivity contribution in [1.29, 1.82) is 0 Å². The number of nitrogens with zero attached hydrogens (tertiary/aromatic N) is 1. The van der Waals surface area contributed by atoms with Gasteiger partial charge in [-0.3, -0.25) is 19.3 Å². The Morgan fingerprint density at radius 2 is 2.20 bits per heavy atom. The number of rotatable bonds is 3. The first-order chi connectivity index (χ1) is 9.47. The molecular formula is C12H12FN3O3S. The fourth-order valence-corrected chi connectivity index (χ4v) is 2.44. The van der Waals surface area contributed by atoms with Crippen molar-refractivity contribution in [2.45, 2.75) is 6.42 Å². The van der Waals surface area contributed by atoms with Crippen LogP contribution in [0, 0.1) is 5.82 Å². The number of amides is 3. The second-order valence-corrected chi connectivity index (χ2v) is 5.18. The Bertz CT molecular complexity index is 563. The molecule has 0 aromatic heterocycles. The molecule has 1 heterocycles. The summed E-state index contributed by atoms with van der Waals surface area (Å²) in [6, 6.07) is 3.75. The van der Waals surface area contributed by atoms with E-state index in [-0.39, 0.29) is 12.1 Å². The Balaban J connectivity index is 2.03. The fourth-order valence-electron chi connectivity index (χ4n) is 1.67. The first-order valence-electron chi connectivity index (χ1n) is 5.79. The topological polar surface area (TPSA) is 92.5 Å². The van der Waals surface area contributed by atoms with Crippen LogP contribution in [-0.2, 0) is 9.59 Å². The van der Waals surface area contributed by atoms with E-state index in [9.17, 15) is 18.8 Å². The molecule has 8 heteroatoms. The highest BCUT2D eigenvalue weighted by Crippen LogP contribution is 2.20. The molecule has 0 radical (unpaired) electrons. The van der Waals surface area contributed by atoms with Crippen LogP contribution in [0.1, 0.15) is 6.42 Å². The van der Waals surface area contributed by atoms with E-state index >= 15 is 0 Å². The Hall–Kier alpha value is -2.09. The van der Waals surface area contributed by atoms with Crippen LogP contribution in [0.15, 0.2) is 18.2 Å². The average Bonchev–Trinajstić information content (AvgIpc) is 2.38. The zero-order chi connectivity index (χ0) is 14.7. The van der Waals surface area contributed by atoms with Crippen LogP contribution < -0.4 is 11.1 Å². The lowest BCUT2D eigenvalue weighted by molar-refractivity contribution is -0.131. The highest BCUT2D eigenvalue weighted by molar-refractivity contribution is 8.13. The fraction of sp³-hybridized carbons (Fsp3) is 0.250. The van der Waals surface area contributed by atoms with Crippen molar-refractivity contribution < 1.29 is 18.8 Å². The van der Waals surface area contributed by atoms with E-state index in [1.165, 1.54) is 12.1 Å². The number of imide groups is 1. The molecule has 2 rings (SSSR count). The van der Waals surface area contributed by atoms with Crippen molar-refractivity contribution in [2.75, 3.05) is 23.3 Å². The summed E-state index contributed by atoms with van der Waals surface area (Å²) in [5, 5.41) is 1.82. The number of halogens is 1. The number of hydrogen-bond acceptors (Lipinski definition) is 5. The number of anilines is 2. The number of thioether (sulfide) groups is 1. The van der Waals surface area contributed by atoms with Crippen LogP contribution >= 0.6 is 11.8 Å². The number of nitrogens with one attached hydrogen (secondary N) is 1. The molecule has 0 spiro atoms. The Labute approximate surface area is 118 Å². The molecule has 0 aliphatic carbocycles. The molecule has 0 saturated carbocycles. The van der Waals surface area contributed by atoms with Gasteiger partial charge < -0.3 is 11.1 Å². The molecule has 1 aromatic rings. The van der Waals surface area contributed by atoms with E-state index in [1.807, 2.05) is 0 Å². The summed E-state index contributed by atoms with van der Waals surface area (Å²) in [5.74, 6) is -1.28. The van der Waals surface area contributed by atoms with Gasteiger partial charge >= 0.3 is 0 Å². The minimum atomic E-state index is -0.654. The number of carbonyl (C=O) groups is 3. The summed E-state index contributed by atoms with van der Waals surface area (Å²) in [6.07, 6.45) is 0.205. The largest absolute Gasteiger partial charge is 0.399 e. The maximum Gasteiger partial charge on any atom is 0.288 e. The Morgan fingerprint density at radius 1 is 1.45 bits per heavy atom. The van der Waals surface area contributed by atoms with E-state index in [4.69, 9.17) is 5.73 Å². The van der Waals surface area contributed by atoms with Crippen molar-refractivity contribution in [3.05, 3.63) is 24.0 Å². The quantitative estimate of drug-likeness (QED) is 0.823. The lowest BCUT2D eigenvalue weighted by Crippen LogP contribution is -2.43. The first kappa shape index (κ1) is 14.3. The molecule has 1 fully saturated rings. The third-order valence-corrected chi connectivity index (χ3v) is 3.50. The van der Waals surface area contributed by atoms with Gasteiger partial charge in [-0.15, -0.1) is 0 Å². The number of nitrogens with two attached hydrogens (primary N) is 1. The molecule has 1 aliphatic rings. The van der Waals surface area contributed by atoms with Gasteiger partial charge in [0.25, 0.3) is 5.24 Å². The van der Waals surface area contributed by atoms with Crippen molar-refractivity contribution in [3.63, 3.8) is 0 Å². The average molecular weight is 297 g/mol. The number of nitrogen functional groups attached to an aromatic ring is 1. The highest BCUT2D eigenvalue weighted by Gasteiger charge is 2.28. The Morgan fingerprint density at radius 3 is 2.90 bits per heavy atom. The number of hydrogen-bond donors (Lipinski definition) is 2. The minimum Gasteiger partial charge on any atom is -0.399 e. The second kappa shape index (κ2) is 5.91. The maximum atomic E-state index is 13.4. The molecule has 1 aromatic carbocycles. The molecule has 0 bridgehead atoms. The van der Waals surface area contributed by atoms with Crippen molar-refractivity contribution in [3.8, 4) is 0 Å². The summed E-state index contributed by atoms with van der Waals surface area (Å²) in [7, 11) is 0. The molecule has 6 nitrogen and oxygen atoms in total. The smallest absolute Gasteiger partial charge is 0.288 e. The van der Waals surface area contributed by atoms with Gasteiger partial charge in [-0.1, -0.05) is 11.8 Å². The Kier molecular flexibility index (Phi) is 4.23.